The Bertz CT molecular complexity index is 537. The van der Waals surface area contributed by atoms with E-state index in [1.165, 1.54) is 6.07 Å². The first-order valence-electron chi connectivity index (χ1n) is 6.07. The predicted molar refractivity (Wildman–Crippen MR) is 71.5 cm³/mol. The standard InChI is InChI=1S/C13H13BrFNO4/c14-8-1-2-9(15)7(5-8)6-16-12(17)10-3-4-11(20-10)13(18)19/h1-2,5,10-11H,3-4,6H2,(H,16,17)(H,18,19)/t10-,11+/m0/s1. The fourth-order valence-corrected chi connectivity index (χ4v) is 2.40. The van der Waals surface area contributed by atoms with Gasteiger partial charge in [0.15, 0.2) is 6.10 Å². The number of ether oxygens (including phenoxy) is 1. The zero-order valence-corrected chi connectivity index (χ0v) is 12.0. The summed E-state index contributed by atoms with van der Waals surface area (Å²) in [5.41, 5.74) is 0.348. The quantitative estimate of drug-likeness (QED) is 0.872. The number of carbonyl (C=O) groups is 2. The minimum atomic E-state index is -1.07. The zero-order chi connectivity index (χ0) is 14.7. The number of hydrogen-bond acceptors (Lipinski definition) is 3. The first-order valence-corrected chi connectivity index (χ1v) is 6.86. The van der Waals surface area contributed by atoms with Gasteiger partial charge in [0.05, 0.1) is 0 Å². The normalized spacial score (nSPS) is 21.7. The third-order valence-electron chi connectivity index (χ3n) is 3.05. The maximum Gasteiger partial charge on any atom is 0.332 e. The molecule has 7 heteroatoms. The Kier molecular flexibility index (Phi) is 4.72. The number of aliphatic carboxylic acids is 1. The van der Waals surface area contributed by atoms with Crippen LogP contribution in [0, 0.1) is 5.82 Å². The molecule has 0 saturated carbocycles. The Hall–Kier alpha value is -1.47. The van der Waals surface area contributed by atoms with Crippen LogP contribution in [-0.4, -0.2) is 29.2 Å². The molecule has 1 saturated heterocycles. The number of carboxylic acids is 1. The van der Waals surface area contributed by atoms with Gasteiger partial charge >= 0.3 is 5.97 Å². The second-order valence-electron chi connectivity index (χ2n) is 4.48. The van der Waals surface area contributed by atoms with Crippen molar-refractivity contribution < 1.29 is 23.8 Å². The highest BCUT2D eigenvalue weighted by atomic mass is 79.9. The molecule has 0 unspecified atom stereocenters. The predicted octanol–water partition coefficient (Wildman–Crippen LogP) is 1.84. The van der Waals surface area contributed by atoms with E-state index in [1.54, 1.807) is 12.1 Å². The van der Waals surface area contributed by atoms with Crippen LogP contribution in [0.2, 0.25) is 0 Å². The van der Waals surface area contributed by atoms with E-state index in [2.05, 4.69) is 21.2 Å². The van der Waals surface area contributed by atoms with Crippen molar-refractivity contribution in [2.75, 3.05) is 0 Å². The third kappa shape index (κ3) is 3.55. The van der Waals surface area contributed by atoms with Crippen LogP contribution in [-0.2, 0) is 20.9 Å². The second-order valence-corrected chi connectivity index (χ2v) is 5.40. The highest BCUT2D eigenvalue weighted by Crippen LogP contribution is 2.20. The van der Waals surface area contributed by atoms with Crippen molar-refractivity contribution >= 4 is 27.8 Å². The lowest BCUT2D eigenvalue weighted by Gasteiger charge is -2.12. The Morgan fingerprint density at radius 2 is 2.10 bits per heavy atom. The summed E-state index contributed by atoms with van der Waals surface area (Å²) in [4.78, 5) is 22.5. The molecule has 0 spiro atoms. The summed E-state index contributed by atoms with van der Waals surface area (Å²) in [6.45, 7) is 0.0295. The highest BCUT2D eigenvalue weighted by molar-refractivity contribution is 9.10. The van der Waals surface area contributed by atoms with E-state index >= 15 is 0 Å². The summed E-state index contributed by atoms with van der Waals surface area (Å²) < 4.78 is 19.3. The maximum atomic E-state index is 13.5. The summed E-state index contributed by atoms with van der Waals surface area (Å²) in [6, 6.07) is 4.45. The Balaban J connectivity index is 1.90. The van der Waals surface area contributed by atoms with Crippen molar-refractivity contribution in [3.05, 3.63) is 34.1 Å². The Morgan fingerprint density at radius 3 is 2.75 bits per heavy atom. The van der Waals surface area contributed by atoms with Crippen molar-refractivity contribution in [1.29, 1.82) is 0 Å². The molecule has 2 N–H and O–H groups in total. The molecule has 0 aliphatic carbocycles. The lowest BCUT2D eigenvalue weighted by molar-refractivity contribution is -0.151. The average Bonchev–Trinajstić information content (AvgIpc) is 2.89. The number of benzene rings is 1. The highest BCUT2D eigenvalue weighted by Gasteiger charge is 2.34. The van der Waals surface area contributed by atoms with Gasteiger partial charge in [-0.3, -0.25) is 4.79 Å². The smallest absolute Gasteiger partial charge is 0.332 e. The van der Waals surface area contributed by atoms with E-state index in [-0.39, 0.29) is 6.54 Å². The number of rotatable bonds is 4. The van der Waals surface area contributed by atoms with Crippen LogP contribution in [0.25, 0.3) is 0 Å². The topological polar surface area (TPSA) is 75.6 Å². The number of nitrogens with one attached hydrogen (secondary N) is 1. The van der Waals surface area contributed by atoms with Crippen molar-refractivity contribution in [1.82, 2.24) is 5.32 Å². The second kappa shape index (κ2) is 6.32. The molecule has 2 atom stereocenters. The first kappa shape index (κ1) is 14.9. The van der Waals surface area contributed by atoms with Gasteiger partial charge in [0, 0.05) is 16.6 Å². The molecular formula is C13H13BrFNO4. The molecule has 0 bridgehead atoms. The van der Waals surface area contributed by atoms with Crippen molar-refractivity contribution in [3.8, 4) is 0 Å². The first-order chi connectivity index (χ1) is 9.47. The molecular weight excluding hydrogens is 333 g/mol. The van der Waals surface area contributed by atoms with Crippen molar-refractivity contribution in [3.63, 3.8) is 0 Å². The molecule has 0 aromatic heterocycles. The van der Waals surface area contributed by atoms with Crippen LogP contribution < -0.4 is 5.32 Å². The van der Waals surface area contributed by atoms with Gasteiger partial charge in [-0.15, -0.1) is 0 Å². The van der Waals surface area contributed by atoms with Crippen LogP contribution in [0.1, 0.15) is 18.4 Å². The fourth-order valence-electron chi connectivity index (χ4n) is 1.99. The average molecular weight is 346 g/mol. The van der Waals surface area contributed by atoms with Crippen LogP contribution >= 0.6 is 15.9 Å². The van der Waals surface area contributed by atoms with Crippen LogP contribution in [0.4, 0.5) is 4.39 Å². The molecule has 1 heterocycles. The van der Waals surface area contributed by atoms with Gasteiger partial charge in [0.1, 0.15) is 11.9 Å². The lowest BCUT2D eigenvalue weighted by atomic mass is 10.1. The summed E-state index contributed by atoms with van der Waals surface area (Å²) in [5, 5.41) is 11.3. The maximum absolute atomic E-state index is 13.5. The van der Waals surface area contributed by atoms with E-state index in [1.807, 2.05) is 0 Å². The Morgan fingerprint density at radius 1 is 1.40 bits per heavy atom. The molecule has 2 rings (SSSR count). The molecule has 20 heavy (non-hydrogen) atoms. The molecule has 5 nitrogen and oxygen atoms in total. The molecule has 108 valence electrons. The van der Waals surface area contributed by atoms with Gasteiger partial charge in [0.25, 0.3) is 0 Å². The van der Waals surface area contributed by atoms with Crippen LogP contribution in [0.15, 0.2) is 22.7 Å². The molecule has 1 fully saturated rings. The van der Waals surface area contributed by atoms with Gasteiger partial charge in [-0.05, 0) is 31.0 Å². The molecule has 1 aliphatic rings. The number of carboxylic acid groups (broad SMARTS) is 1. The minimum absolute atomic E-state index is 0.0295. The van der Waals surface area contributed by atoms with Gasteiger partial charge in [-0.1, -0.05) is 15.9 Å². The van der Waals surface area contributed by atoms with Gasteiger partial charge in [-0.25, -0.2) is 9.18 Å². The number of carbonyl (C=O) groups excluding carboxylic acids is 1. The molecule has 1 amide bonds. The van der Waals surface area contributed by atoms with Gasteiger partial charge < -0.3 is 15.2 Å². The lowest BCUT2D eigenvalue weighted by Crippen LogP contribution is -2.35. The largest absolute Gasteiger partial charge is 0.479 e. The zero-order valence-electron chi connectivity index (χ0n) is 10.4. The molecule has 1 aromatic rings. The van der Waals surface area contributed by atoms with E-state index in [0.29, 0.717) is 22.9 Å². The van der Waals surface area contributed by atoms with Crippen molar-refractivity contribution in [2.24, 2.45) is 0 Å². The monoisotopic (exact) mass is 345 g/mol. The number of hydrogen-bond donors (Lipinski definition) is 2. The van der Waals surface area contributed by atoms with E-state index < -0.39 is 29.9 Å². The fraction of sp³-hybridized carbons (Fsp3) is 0.385. The number of amides is 1. The summed E-state index contributed by atoms with van der Waals surface area (Å²) in [5.74, 6) is -1.91. The summed E-state index contributed by atoms with van der Waals surface area (Å²) >= 11 is 3.22. The van der Waals surface area contributed by atoms with Crippen LogP contribution in [0.3, 0.4) is 0 Å². The molecule has 1 aromatic carbocycles. The summed E-state index contributed by atoms with van der Waals surface area (Å²) in [6.07, 6.45) is -1.07. The third-order valence-corrected chi connectivity index (χ3v) is 3.54. The van der Waals surface area contributed by atoms with E-state index in [4.69, 9.17) is 9.84 Å². The molecule has 0 radical (unpaired) electrons. The number of halogens is 2. The van der Waals surface area contributed by atoms with Gasteiger partial charge in [-0.2, -0.15) is 0 Å². The van der Waals surface area contributed by atoms with E-state index in [0.717, 1.165) is 0 Å². The minimum Gasteiger partial charge on any atom is -0.479 e. The van der Waals surface area contributed by atoms with Crippen LogP contribution in [0.5, 0.6) is 0 Å². The molecule has 1 aliphatic heterocycles. The SMILES string of the molecule is O=C(NCc1cc(Br)ccc1F)[C@@H]1CC[C@H](C(=O)O)O1. The van der Waals surface area contributed by atoms with E-state index in [9.17, 15) is 14.0 Å². The Labute approximate surface area is 123 Å². The van der Waals surface area contributed by atoms with Crippen molar-refractivity contribution in [2.45, 2.75) is 31.6 Å². The van der Waals surface area contributed by atoms with Gasteiger partial charge in [0.2, 0.25) is 5.91 Å². The summed E-state index contributed by atoms with van der Waals surface area (Å²) in [7, 11) is 0.